The molecule has 6 nitrogen and oxygen atoms in total. The van der Waals surface area contributed by atoms with E-state index in [9.17, 15) is 9.18 Å². The Morgan fingerprint density at radius 3 is 2.65 bits per heavy atom. The number of aliphatic imine (C=N–C) groups is 1. The topological polar surface area (TPSA) is 95.4 Å². The number of amides is 1. The SMILES string of the molecule is Cc1cc(C#N)cnc1C#Cc1ccc(F)c([C@@]2(CF)N=C(N)S[C@]3(C(=O)N(C)C)[C@H]2[C@@H]3C)c1. The maximum atomic E-state index is 15.2. The fraction of sp³-hybridized carbons (Fsp3) is 0.360. The van der Waals surface area contributed by atoms with Gasteiger partial charge in [-0.15, -0.1) is 0 Å². The molecule has 1 amide bonds. The van der Waals surface area contributed by atoms with Crippen LogP contribution in [-0.2, 0) is 10.3 Å². The molecule has 174 valence electrons. The van der Waals surface area contributed by atoms with Crippen LogP contribution < -0.4 is 5.73 Å². The second-order valence-corrected chi connectivity index (χ2v) is 10.1. The van der Waals surface area contributed by atoms with Crippen LogP contribution >= 0.6 is 11.8 Å². The zero-order valence-electron chi connectivity index (χ0n) is 19.2. The Balaban J connectivity index is 1.79. The number of rotatable bonds is 3. The first-order valence-electron chi connectivity index (χ1n) is 10.6. The van der Waals surface area contributed by atoms with E-state index in [0.717, 1.165) is 17.3 Å². The Morgan fingerprint density at radius 1 is 1.29 bits per heavy atom. The third-order valence-corrected chi connectivity index (χ3v) is 7.98. The minimum absolute atomic E-state index is 0.0276. The van der Waals surface area contributed by atoms with E-state index in [0.29, 0.717) is 16.8 Å². The molecule has 34 heavy (non-hydrogen) atoms. The van der Waals surface area contributed by atoms with Crippen molar-refractivity contribution in [1.82, 2.24) is 9.88 Å². The van der Waals surface area contributed by atoms with E-state index in [4.69, 9.17) is 11.0 Å². The lowest BCUT2D eigenvalue weighted by atomic mass is 9.83. The summed E-state index contributed by atoms with van der Waals surface area (Å²) in [7, 11) is 3.27. The number of nitriles is 1. The van der Waals surface area contributed by atoms with Crippen molar-refractivity contribution in [2.45, 2.75) is 24.1 Å². The lowest BCUT2D eigenvalue weighted by Crippen LogP contribution is -2.46. The van der Waals surface area contributed by atoms with Gasteiger partial charge in [0.25, 0.3) is 0 Å². The molecule has 2 N–H and O–H groups in total. The molecule has 1 saturated carbocycles. The van der Waals surface area contributed by atoms with Crippen LogP contribution in [0.25, 0.3) is 0 Å². The summed E-state index contributed by atoms with van der Waals surface area (Å²) in [4.78, 5) is 23.1. The molecule has 2 aromatic rings. The van der Waals surface area contributed by atoms with Gasteiger partial charge in [-0.1, -0.05) is 24.6 Å². The molecule has 4 atom stereocenters. The van der Waals surface area contributed by atoms with Gasteiger partial charge in [-0.25, -0.2) is 18.8 Å². The standard InChI is InChI=1S/C25H23F2N5OS/c1-14-9-17(11-28)12-30-20(14)8-6-16-5-7-19(27)18(10-16)24(13-26)21-15(2)25(21,22(33)32(3)4)34-23(29)31-24/h5,7,9-10,12,15,21H,13H2,1-4H3,(H2,29,31)/t15-,21-,24+,25-/m0/s1. The number of thioether (sulfide) groups is 1. The van der Waals surface area contributed by atoms with Crippen molar-refractivity contribution in [3.8, 4) is 17.9 Å². The summed E-state index contributed by atoms with van der Waals surface area (Å²) in [6, 6.07) is 7.90. The summed E-state index contributed by atoms with van der Waals surface area (Å²) in [5.41, 5.74) is 6.57. The van der Waals surface area contributed by atoms with E-state index in [1.54, 1.807) is 27.1 Å². The molecule has 0 bridgehead atoms. The Bertz CT molecular complexity index is 1320. The minimum Gasteiger partial charge on any atom is -0.378 e. The van der Waals surface area contributed by atoms with Gasteiger partial charge in [-0.3, -0.25) is 4.79 Å². The second kappa shape index (κ2) is 8.41. The zero-order chi connectivity index (χ0) is 24.8. The van der Waals surface area contributed by atoms with Crippen molar-refractivity contribution in [2.75, 3.05) is 20.8 Å². The molecule has 9 heteroatoms. The molecule has 2 aliphatic rings. The number of pyridine rings is 1. The van der Waals surface area contributed by atoms with Crippen LogP contribution in [0.4, 0.5) is 8.78 Å². The fourth-order valence-electron chi connectivity index (χ4n) is 4.88. The van der Waals surface area contributed by atoms with E-state index in [1.165, 1.54) is 29.3 Å². The van der Waals surface area contributed by atoms with Crippen LogP contribution in [0, 0.1) is 47.7 Å². The highest BCUT2D eigenvalue weighted by Crippen LogP contribution is 2.70. The van der Waals surface area contributed by atoms with E-state index in [2.05, 4.69) is 21.8 Å². The van der Waals surface area contributed by atoms with Crippen LogP contribution in [0.3, 0.4) is 0 Å². The lowest BCUT2D eigenvalue weighted by molar-refractivity contribution is -0.129. The van der Waals surface area contributed by atoms with Gasteiger partial charge in [0.15, 0.2) is 5.17 Å². The Hall–Kier alpha value is -3.43. The van der Waals surface area contributed by atoms with Crippen molar-refractivity contribution in [3.63, 3.8) is 0 Å². The Kier molecular flexibility index (Phi) is 5.87. The largest absolute Gasteiger partial charge is 0.378 e. The highest BCUT2D eigenvalue weighted by molar-refractivity contribution is 8.15. The van der Waals surface area contributed by atoms with Crippen molar-refractivity contribution < 1.29 is 13.6 Å². The van der Waals surface area contributed by atoms with Gasteiger partial charge < -0.3 is 10.6 Å². The first kappa shape index (κ1) is 23.7. The number of nitrogens with zero attached hydrogens (tertiary/aromatic N) is 4. The summed E-state index contributed by atoms with van der Waals surface area (Å²) in [6.45, 7) is 2.63. The Labute approximate surface area is 201 Å². The number of halogens is 2. The molecule has 4 rings (SSSR count). The van der Waals surface area contributed by atoms with Gasteiger partial charge in [0.2, 0.25) is 5.91 Å². The summed E-state index contributed by atoms with van der Waals surface area (Å²) >= 11 is 1.13. The van der Waals surface area contributed by atoms with Crippen molar-refractivity contribution in [1.29, 1.82) is 5.26 Å². The Morgan fingerprint density at radius 2 is 2.03 bits per heavy atom. The number of alkyl halides is 1. The molecule has 0 radical (unpaired) electrons. The number of aryl methyl sites for hydroxylation is 1. The van der Waals surface area contributed by atoms with Crippen LogP contribution in [0.15, 0.2) is 35.5 Å². The van der Waals surface area contributed by atoms with Gasteiger partial charge in [-0.2, -0.15) is 5.26 Å². The molecule has 1 aliphatic carbocycles. The monoisotopic (exact) mass is 479 g/mol. The predicted octanol–water partition coefficient (Wildman–Crippen LogP) is 3.12. The normalized spacial score (nSPS) is 26.9. The zero-order valence-corrected chi connectivity index (χ0v) is 20.0. The summed E-state index contributed by atoms with van der Waals surface area (Å²) in [5, 5.41) is 9.05. The lowest BCUT2D eigenvalue weighted by Gasteiger charge is -2.35. The van der Waals surface area contributed by atoms with Crippen molar-refractivity contribution in [3.05, 3.63) is 64.2 Å². The molecule has 1 fully saturated rings. The molecule has 2 heterocycles. The van der Waals surface area contributed by atoms with Crippen LogP contribution in [0.2, 0.25) is 0 Å². The molecule has 0 unspecified atom stereocenters. The van der Waals surface area contributed by atoms with E-state index >= 15 is 4.39 Å². The average molecular weight is 480 g/mol. The molecular formula is C25H23F2N5OS. The van der Waals surface area contributed by atoms with Crippen LogP contribution in [0.1, 0.15) is 34.9 Å². The molecule has 1 aromatic carbocycles. The van der Waals surface area contributed by atoms with Crippen molar-refractivity contribution >= 4 is 22.8 Å². The van der Waals surface area contributed by atoms with Crippen molar-refractivity contribution in [2.24, 2.45) is 22.6 Å². The minimum atomic E-state index is -1.62. The number of hydrogen-bond acceptors (Lipinski definition) is 6. The van der Waals surface area contributed by atoms with Crippen LogP contribution in [0.5, 0.6) is 0 Å². The number of nitrogens with two attached hydrogens (primary N) is 1. The van der Waals surface area contributed by atoms with Gasteiger partial charge in [0, 0.05) is 37.3 Å². The molecule has 0 saturated heterocycles. The van der Waals surface area contributed by atoms with E-state index < -0.39 is 28.7 Å². The quantitative estimate of drug-likeness (QED) is 0.683. The second-order valence-electron chi connectivity index (χ2n) is 8.81. The number of carbonyl (C=O) groups excluding carboxylic acids is 1. The van der Waals surface area contributed by atoms with Gasteiger partial charge in [0.1, 0.15) is 34.5 Å². The van der Waals surface area contributed by atoms with Crippen LogP contribution in [-0.4, -0.2) is 46.5 Å². The van der Waals surface area contributed by atoms with Gasteiger partial charge >= 0.3 is 0 Å². The highest BCUT2D eigenvalue weighted by atomic mass is 32.2. The third-order valence-electron chi connectivity index (χ3n) is 6.54. The molecule has 0 spiro atoms. The number of fused-ring (bicyclic) bond motifs is 1. The van der Waals surface area contributed by atoms with Gasteiger partial charge in [-0.05, 0) is 48.6 Å². The van der Waals surface area contributed by atoms with E-state index in [1.807, 2.05) is 13.0 Å². The number of aromatic nitrogens is 1. The number of hydrogen-bond donors (Lipinski definition) is 1. The predicted molar refractivity (Wildman–Crippen MR) is 127 cm³/mol. The summed E-state index contributed by atoms with van der Waals surface area (Å²) in [5.74, 6) is 4.23. The number of benzene rings is 1. The first-order valence-corrected chi connectivity index (χ1v) is 11.4. The maximum Gasteiger partial charge on any atom is 0.239 e. The average Bonchev–Trinajstić information content (AvgIpc) is 3.42. The molecular weight excluding hydrogens is 456 g/mol. The maximum absolute atomic E-state index is 15.2. The third kappa shape index (κ3) is 3.52. The molecule has 1 aromatic heterocycles. The first-order chi connectivity index (χ1) is 16.1. The summed E-state index contributed by atoms with van der Waals surface area (Å²) < 4.78 is 29.0. The fourth-order valence-corrected chi connectivity index (χ4v) is 6.49. The number of carbonyl (C=O) groups is 1. The van der Waals surface area contributed by atoms with Gasteiger partial charge in [0.05, 0.1) is 5.56 Å². The summed E-state index contributed by atoms with van der Waals surface area (Å²) in [6.07, 6.45) is 1.43. The van der Waals surface area contributed by atoms with E-state index in [-0.39, 0.29) is 22.6 Å². The number of amidine groups is 1. The molecule has 1 aliphatic heterocycles. The highest BCUT2D eigenvalue weighted by Gasteiger charge is 2.77. The smallest absolute Gasteiger partial charge is 0.239 e.